The zero-order valence-electron chi connectivity index (χ0n) is 8.33. The third-order valence-electron chi connectivity index (χ3n) is 1.86. The summed E-state index contributed by atoms with van der Waals surface area (Å²) in [6.07, 6.45) is 3.08. The van der Waals surface area contributed by atoms with E-state index in [1.54, 1.807) is 25.3 Å². The second kappa shape index (κ2) is 6.34. The minimum Gasteiger partial charge on any atom is -0.396 e. The SMILES string of the molecule is CC(CO)C(=O)N(N)c1cccnc1.Cl. The van der Waals surface area contributed by atoms with Crippen molar-refractivity contribution in [2.24, 2.45) is 11.8 Å². The normalized spacial score (nSPS) is 11.4. The van der Waals surface area contributed by atoms with Gasteiger partial charge < -0.3 is 5.11 Å². The van der Waals surface area contributed by atoms with E-state index in [1.807, 2.05) is 0 Å². The molecule has 1 heterocycles. The Labute approximate surface area is 94.3 Å². The van der Waals surface area contributed by atoms with E-state index in [1.165, 1.54) is 6.20 Å². The van der Waals surface area contributed by atoms with Crippen LogP contribution in [0.4, 0.5) is 5.69 Å². The third-order valence-corrected chi connectivity index (χ3v) is 1.86. The van der Waals surface area contributed by atoms with Crippen LogP contribution in [0.15, 0.2) is 24.5 Å². The van der Waals surface area contributed by atoms with Gasteiger partial charge in [-0.3, -0.25) is 9.78 Å². The van der Waals surface area contributed by atoms with Crippen molar-refractivity contribution in [3.05, 3.63) is 24.5 Å². The van der Waals surface area contributed by atoms with Crippen molar-refractivity contribution < 1.29 is 9.90 Å². The fraction of sp³-hybridized carbons (Fsp3) is 0.333. The number of carbonyl (C=O) groups is 1. The van der Waals surface area contributed by atoms with Gasteiger partial charge in [0, 0.05) is 6.20 Å². The quantitative estimate of drug-likeness (QED) is 0.447. The van der Waals surface area contributed by atoms with Crippen molar-refractivity contribution in [2.75, 3.05) is 11.6 Å². The van der Waals surface area contributed by atoms with Crippen molar-refractivity contribution in [3.8, 4) is 0 Å². The maximum absolute atomic E-state index is 11.5. The topological polar surface area (TPSA) is 79.5 Å². The minimum absolute atomic E-state index is 0. The second-order valence-electron chi connectivity index (χ2n) is 3.00. The van der Waals surface area contributed by atoms with Gasteiger partial charge in [-0.1, -0.05) is 6.92 Å². The summed E-state index contributed by atoms with van der Waals surface area (Å²) in [5, 5.41) is 9.78. The molecule has 3 N–H and O–H groups in total. The van der Waals surface area contributed by atoms with Gasteiger partial charge in [0.05, 0.1) is 24.4 Å². The molecule has 0 aliphatic heterocycles. The van der Waals surface area contributed by atoms with Crippen molar-refractivity contribution in [3.63, 3.8) is 0 Å². The summed E-state index contributed by atoms with van der Waals surface area (Å²) in [5.74, 6) is 4.72. The molecule has 5 nitrogen and oxygen atoms in total. The molecule has 1 unspecified atom stereocenters. The van der Waals surface area contributed by atoms with Crippen molar-refractivity contribution >= 4 is 24.0 Å². The molecule has 1 aromatic rings. The Morgan fingerprint density at radius 2 is 2.40 bits per heavy atom. The first-order valence-electron chi connectivity index (χ1n) is 4.26. The van der Waals surface area contributed by atoms with Crippen LogP contribution in [0.5, 0.6) is 0 Å². The number of hydrogen-bond acceptors (Lipinski definition) is 4. The molecule has 1 amide bonds. The summed E-state index contributed by atoms with van der Waals surface area (Å²) in [6, 6.07) is 3.36. The first kappa shape index (κ1) is 13.8. The van der Waals surface area contributed by atoms with Crippen LogP contribution >= 0.6 is 12.4 Å². The number of anilines is 1. The Kier molecular flexibility index (Phi) is 5.84. The fourth-order valence-corrected chi connectivity index (χ4v) is 0.939. The summed E-state index contributed by atoms with van der Waals surface area (Å²) < 4.78 is 0. The number of rotatable bonds is 3. The van der Waals surface area contributed by atoms with Crippen molar-refractivity contribution in [1.82, 2.24) is 4.98 Å². The van der Waals surface area contributed by atoms with E-state index < -0.39 is 5.92 Å². The van der Waals surface area contributed by atoms with Crippen LogP contribution in [-0.2, 0) is 4.79 Å². The second-order valence-corrected chi connectivity index (χ2v) is 3.00. The average molecular weight is 232 g/mol. The lowest BCUT2D eigenvalue weighted by Crippen LogP contribution is -2.41. The van der Waals surface area contributed by atoms with E-state index in [0.29, 0.717) is 5.69 Å². The number of hydrogen-bond donors (Lipinski definition) is 2. The van der Waals surface area contributed by atoms with Gasteiger partial charge in [0.15, 0.2) is 0 Å². The Hall–Kier alpha value is -1.17. The molecule has 0 saturated heterocycles. The Morgan fingerprint density at radius 1 is 1.73 bits per heavy atom. The summed E-state index contributed by atoms with van der Waals surface area (Å²) >= 11 is 0. The summed E-state index contributed by atoms with van der Waals surface area (Å²) in [6.45, 7) is 1.39. The number of pyridine rings is 1. The summed E-state index contributed by atoms with van der Waals surface area (Å²) in [5.41, 5.74) is 0.512. The third kappa shape index (κ3) is 3.47. The van der Waals surface area contributed by atoms with Gasteiger partial charge >= 0.3 is 0 Å². The monoisotopic (exact) mass is 231 g/mol. The van der Waals surface area contributed by atoms with Gasteiger partial charge in [0.1, 0.15) is 0 Å². The molecule has 1 aromatic heterocycles. The Morgan fingerprint density at radius 3 is 2.87 bits per heavy atom. The highest BCUT2D eigenvalue weighted by atomic mass is 35.5. The van der Waals surface area contributed by atoms with Gasteiger partial charge in [-0.25, -0.2) is 10.9 Å². The van der Waals surface area contributed by atoms with E-state index >= 15 is 0 Å². The van der Waals surface area contributed by atoms with E-state index in [4.69, 9.17) is 10.9 Å². The lowest BCUT2D eigenvalue weighted by Gasteiger charge is -2.18. The van der Waals surface area contributed by atoms with E-state index in [0.717, 1.165) is 5.01 Å². The predicted octanol–water partition coefficient (Wildman–Crippen LogP) is 0.338. The standard InChI is InChI=1S/C9H13N3O2.ClH/c1-7(6-13)9(14)12(10)8-3-2-4-11-5-8;/h2-5,7,13H,6,10H2,1H3;1H. The smallest absolute Gasteiger partial charge is 0.246 e. The van der Waals surface area contributed by atoms with Crippen molar-refractivity contribution in [1.29, 1.82) is 0 Å². The highest BCUT2D eigenvalue weighted by molar-refractivity contribution is 5.93. The van der Waals surface area contributed by atoms with Crippen LogP contribution in [-0.4, -0.2) is 22.6 Å². The number of aliphatic hydroxyl groups excluding tert-OH is 1. The number of carbonyl (C=O) groups excluding carboxylic acids is 1. The molecule has 84 valence electrons. The lowest BCUT2D eigenvalue weighted by molar-refractivity contribution is -0.123. The molecule has 0 fully saturated rings. The van der Waals surface area contributed by atoms with Crippen LogP contribution < -0.4 is 10.9 Å². The fourth-order valence-electron chi connectivity index (χ4n) is 0.939. The molecule has 6 heteroatoms. The number of hydrazine groups is 1. The first-order valence-corrected chi connectivity index (χ1v) is 4.26. The highest BCUT2D eigenvalue weighted by Crippen LogP contribution is 2.10. The molecular formula is C9H14ClN3O2. The highest BCUT2D eigenvalue weighted by Gasteiger charge is 2.18. The van der Waals surface area contributed by atoms with Crippen LogP contribution in [0.2, 0.25) is 0 Å². The zero-order chi connectivity index (χ0) is 10.6. The van der Waals surface area contributed by atoms with Gasteiger partial charge in [-0.2, -0.15) is 0 Å². The van der Waals surface area contributed by atoms with Crippen LogP contribution in [0, 0.1) is 5.92 Å². The van der Waals surface area contributed by atoms with Gasteiger partial charge in [0.25, 0.3) is 0 Å². The van der Waals surface area contributed by atoms with Crippen LogP contribution in [0.1, 0.15) is 6.92 Å². The van der Waals surface area contributed by atoms with E-state index in [9.17, 15) is 4.79 Å². The maximum atomic E-state index is 11.5. The molecule has 1 rings (SSSR count). The molecule has 1 atom stereocenters. The first-order chi connectivity index (χ1) is 6.66. The number of aliphatic hydroxyl groups is 1. The molecule has 0 spiro atoms. The van der Waals surface area contributed by atoms with E-state index in [2.05, 4.69) is 4.98 Å². The summed E-state index contributed by atoms with van der Waals surface area (Å²) in [7, 11) is 0. The summed E-state index contributed by atoms with van der Waals surface area (Å²) in [4.78, 5) is 15.3. The van der Waals surface area contributed by atoms with Crippen LogP contribution in [0.3, 0.4) is 0 Å². The average Bonchev–Trinajstić information content (AvgIpc) is 2.27. The zero-order valence-corrected chi connectivity index (χ0v) is 9.15. The predicted molar refractivity (Wildman–Crippen MR) is 59.4 cm³/mol. The number of halogens is 1. The molecule has 15 heavy (non-hydrogen) atoms. The molecule has 0 aliphatic rings. The Balaban J connectivity index is 0.00000196. The number of nitrogens with two attached hydrogens (primary N) is 1. The van der Waals surface area contributed by atoms with Gasteiger partial charge in [0.2, 0.25) is 5.91 Å². The largest absolute Gasteiger partial charge is 0.396 e. The number of amides is 1. The van der Waals surface area contributed by atoms with Crippen molar-refractivity contribution in [2.45, 2.75) is 6.92 Å². The number of aromatic nitrogens is 1. The van der Waals surface area contributed by atoms with Gasteiger partial charge in [-0.05, 0) is 12.1 Å². The molecule has 0 bridgehead atoms. The Bertz CT molecular complexity index is 307. The van der Waals surface area contributed by atoms with Gasteiger partial charge in [-0.15, -0.1) is 12.4 Å². The maximum Gasteiger partial charge on any atom is 0.246 e. The molecule has 0 aromatic carbocycles. The lowest BCUT2D eigenvalue weighted by atomic mass is 10.2. The minimum atomic E-state index is -0.500. The molecule has 0 saturated carbocycles. The number of nitrogens with zero attached hydrogens (tertiary/aromatic N) is 2. The molecule has 0 radical (unpaired) electrons. The molecule has 0 aliphatic carbocycles. The van der Waals surface area contributed by atoms with Crippen LogP contribution in [0.25, 0.3) is 0 Å². The van der Waals surface area contributed by atoms with E-state index in [-0.39, 0.29) is 24.9 Å². The molecular weight excluding hydrogens is 218 g/mol.